The summed E-state index contributed by atoms with van der Waals surface area (Å²) in [6, 6.07) is 7.36. The fourth-order valence-corrected chi connectivity index (χ4v) is 1.35. The van der Waals surface area contributed by atoms with Gasteiger partial charge in [-0.3, -0.25) is 4.79 Å². The number of carbonyl (C=O) groups excluding carboxylic acids is 1. The summed E-state index contributed by atoms with van der Waals surface area (Å²) in [6.45, 7) is 2.86. The molecule has 1 rings (SSSR count). The summed E-state index contributed by atoms with van der Waals surface area (Å²) in [4.78, 5) is 11.5. The molecule has 0 spiro atoms. The molecule has 0 saturated carbocycles. The number of hydrogen-bond acceptors (Lipinski definition) is 1. The average Bonchev–Trinajstić information content (AvgIpc) is 2.19. The second-order valence-corrected chi connectivity index (χ2v) is 4.03. The molecule has 76 valence electrons. The van der Waals surface area contributed by atoms with Crippen LogP contribution in [0.4, 0.5) is 0 Å². The first-order valence-corrected chi connectivity index (χ1v) is 5.57. The van der Waals surface area contributed by atoms with E-state index in [-0.39, 0.29) is 5.91 Å². The molecular weight excluding hydrogens is 242 g/mol. The first kappa shape index (κ1) is 11.2. The van der Waals surface area contributed by atoms with Gasteiger partial charge in [-0.2, -0.15) is 0 Å². The molecule has 0 unspecified atom stereocenters. The second kappa shape index (κ2) is 5.81. The molecule has 0 bridgehead atoms. The lowest BCUT2D eigenvalue weighted by atomic mass is 10.2. The molecule has 0 radical (unpaired) electrons. The third-order valence-corrected chi connectivity index (χ3v) is 2.45. The number of benzene rings is 1. The molecule has 0 aliphatic rings. The van der Waals surface area contributed by atoms with Crippen LogP contribution in [0, 0.1) is 0 Å². The zero-order valence-electron chi connectivity index (χ0n) is 8.22. The van der Waals surface area contributed by atoms with E-state index in [1.807, 2.05) is 24.3 Å². The van der Waals surface area contributed by atoms with Gasteiger partial charge in [0.25, 0.3) is 5.91 Å². The molecule has 3 heteroatoms. The minimum Gasteiger partial charge on any atom is -0.352 e. The summed E-state index contributed by atoms with van der Waals surface area (Å²) in [7, 11) is 0. The highest BCUT2D eigenvalue weighted by molar-refractivity contribution is 9.10. The van der Waals surface area contributed by atoms with Gasteiger partial charge in [0, 0.05) is 16.6 Å². The van der Waals surface area contributed by atoms with E-state index in [1.165, 1.54) is 0 Å². The van der Waals surface area contributed by atoms with Crippen molar-refractivity contribution in [1.82, 2.24) is 5.32 Å². The fourth-order valence-electron chi connectivity index (χ4n) is 1.08. The lowest BCUT2D eigenvalue weighted by molar-refractivity contribution is 0.0953. The molecule has 0 aromatic heterocycles. The fraction of sp³-hybridized carbons (Fsp3) is 0.364. The van der Waals surface area contributed by atoms with Crippen LogP contribution in [0.5, 0.6) is 0 Å². The Bertz CT molecular complexity index is 295. The molecule has 0 atom stereocenters. The quantitative estimate of drug-likeness (QED) is 0.824. The number of amides is 1. The first-order valence-electron chi connectivity index (χ1n) is 4.78. The van der Waals surface area contributed by atoms with E-state index < -0.39 is 0 Å². The van der Waals surface area contributed by atoms with E-state index in [9.17, 15) is 4.79 Å². The monoisotopic (exact) mass is 255 g/mol. The van der Waals surface area contributed by atoms with Crippen LogP contribution in [0.25, 0.3) is 0 Å². The van der Waals surface area contributed by atoms with Crippen LogP contribution >= 0.6 is 15.9 Å². The van der Waals surface area contributed by atoms with Crippen LogP contribution < -0.4 is 5.32 Å². The van der Waals surface area contributed by atoms with Crippen molar-refractivity contribution in [1.29, 1.82) is 0 Å². The van der Waals surface area contributed by atoms with Gasteiger partial charge in [-0.15, -0.1) is 0 Å². The Labute approximate surface area is 92.8 Å². The van der Waals surface area contributed by atoms with Gasteiger partial charge in [0.15, 0.2) is 0 Å². The molecular formula is C11H14BrNO. The summed E-state index contributed by atoms with van der Waals surface area (Å²) in [6.07, 6.45) is 2.13. The maximum atomic E-state index is 11.5. The Morgan fingerprint density at radius 3 is 2.57 bits per heavy atom. The Hall–Kier alpha value is -0.830. The van der Waals surface area contributed by atoms with Gasteiger partial charge in [0.05, 0.1) is 0 Å². The Balaban J connectivity index is 2.48. The van der Waals surface area contributed by atoms with Crippen LogP contribution in [0.1, 0.15) is 30.1 Å². The zero-order chi connectivity index (χ0) is 10.4. The summed E-state index contributed by atoms with van der Waals surface area (Å²) < 4.78 is 0.989. The van der Waals surface area contributed by atoms with E-state index in [2.05, 4.69) is 28.2 Å². The van der Waals surface area contributed by atoms with Crippen molar-refractivity contribution in [3.8, 4) is 0 Å². The van der Waals surface area contributed by atoms with Crippen LogP contribution in [0.3, 0.4) is 0 Å². The molecule has 0 aliphatic heterocycles. The average molecular weight is 256 g/mol. The van der Waals surface area contributed by atoms with Gasteiger partial charge >= 0.3 is 0 Å². The summed E-state index contributed by atoms with van der Waals surface area (Å²) in [5, 5.41) is 2.87. The second-order valence-electron chi connectivity index (χ2n) is 3.12. The smallest absolute Gasteiger partial charge is 0.251 e. The number of rotatable bonds is 4. The van der Waals surface area contributed by atoms with Gasteiger partial charge in [0.1, 0.15) is 0 Å². The topological polar surface area (TPSA) is 29.1 Å². The van der Waals surface area contributed by atoms with E-state index in [0.717, 1.165) is 23.9 Å². The third kappa shape index (κ3) is 3.50. The van der Waals surface area contributed by atoms with Gasteiger partial charge < -0.3 is 5.32 Å². The minimum atomic E-state index is 0.00551. The lowest BCUT2D eigenvalue weighted by Gasteiger charge is -2.03. The van der Waals surface area contributed by atoms with Crippen molar-refractivity contribution in [3.05, 3.63) is 34.3 Å². The van der Waals surface area contributed by atoms with E-state index in [0.29, 0.717) is 5.56 Å². The molecule has 0 aliphatic carbocycles. The maximum absolute atomic E-state index is 11.5. The zero-order valence-corrected chi connectivity index (χ0v) is 9.80. The number of hydrogen-bond donors (Lipinski definition) is 1. The Morgan fingerprint density at radius 1 is 1.36 bits per heavy atom. The highest BCUT2D eigenvalue weighted by Gasteiger charge is 2.02. The molecule has 0 heterocycles. The molecule has 1 aromatic carbocycles. The maximum Gasteiger partial charge on any atom is 0.251 e. The molecule has 14 heavy (non-hydrogen) atoms. The Kier molecular flexibility index (Phi) is 4.66. The minimum absolute atomic E-state index is 0.00551. The number of unbranched alkanes of at least 4 members (excludes halogenated alkanes) is 1. The van der Waals surface area contributed by atoms with Crippen molar-refractivity contribution in [2.75, 3.05) is 6.54 Å². The standard InChI is InChI=1S/C11H14BrNO/c1-2-3-8-13-11(14)9-4-6-10(12)7-5-9/h4-7H,2-3,8H2,1H3,(H,13,14). The number of halogens is 1. The van der Waals surface area contributed by atoms with Crippen molar-refractivity contribution in [2.45, 2.75) is 19.8 Å². The van der Waals surface area contributed by atoms with Crippen molar-refractivity contribution in [2.24, 2.45) is 0 Å². The summed E-state index contributed by atoms with van der Waals surface area (Å²) in [5.74, 6) is 0.00551. The highest BCUT2D eigenvalue weighted by atomic mass is 79.9. The molecule has 0 fully saturated rings. The van der Waals surface area contributed by atoms with Crippen LogP contribution in [0.2, 0.25) is 0 Å². The van der Waals surface area contributed by atoms with Gasteiger partial charge in [0.2, 0.25) is 0 Å². The largest absolute Gasteiger partial charge is 0.352 e. The summed E-state index contributed by atoms with van der Waals surface area (Å²) in [5.41, 5.74) is 0.712. The van der Waals surface area contributed by atoms with Crippen LogP contribution in [-0.2, 0) is 0 Å². The number of nitrogens with one attached hydrogen (secondary N) is 1. The molecule has 0 saturated heterocycles. The molecule has 1 amide bonds. The molecule has 1 N–H and O–H groups in total. The predicted molar refractivity (Wildman–Crippen MR) is 61.4 cm³/mol. The van der Waals surface area contributed by atoms with Crippen molar-refractivity contribution >= 4 is 21.8 Å². The van der Waals surface area contributed by atoms with Gasteiger partial charge in [-0.05, 0) is 30.7 Å². The molecule has 1 aromatic rings. The SMILES string of the molecule is CCCCNC(=O)c1ccc(Br)cc1. The lowest BCUT2D eigenvalue weighted by Crippen LogP contribution is -2.24. The normalized spacial score (nSPS) is 9.86. The van der Waals surface area contributed by atoms with Crippen LogP contribution in [0.15, 0.2) is 28.7 Å². The van der Waals surface area contributed by atoms with Gasteiger partial charge in [-0.25, -0.2) is 0 Å². The third-order valence-electron chi connectivity index (χ3n) is 1.92. The molecule has 2 nitrogen and oxygen atoms in total. The number of carbonyl (C=O) groups is 1. The van der Waals surface area contributed by atoms with Crippen LogP contribution in [-0.4, -0.2) is 12.5 Å². The predicted octanol–water partition coefficient (Wildman–Crippen LogP) is 2.98. The Morgan fingerprint density at radius 2 is 2.00 bits per heavy atom. The van der Waals surface area contributed by atoms with Gasteiger partial charge in [-0.1, -0.05) is 29.3 Å². The summed E-state index contributed by atoms with van der Waals surface area (Å²) >= 11 is 3.33. The highest BCUT2D eigenvalue weighted by Crippen LogP contribution is 2.10. The van der Waals surface area contributed by atoms with Crippen molar-refractivity contribution in [3.63, 3.8) is 0 Å². The van der Waals surface area contributed by atoms with E-state index in [4.69, 9.17) is 0 Å². The van der Waals surface area contributed by atoms with E-state index in [1.54, 1.807) is 0 Å². The first-order chi connectivity index (χ1) is 6.74. The van der Waals surface area contributed by atoms with Crippen molar-refractivity contribution < 1.29 is 4.79 Å². The van der Waals surface area contributed by atoms with E-state index >= 15 is 0 Å².